The summed E-state index contributed by atoms with van der Waals surface area (Å²) in [6.07, 6.45) is 6.19. The predicted molar refractivity (Wildman–Crippen MR) is 149 cm³/mol. The minimum atomic E-state index is 0.190. The number of fused-ring (bicyclic) bond motifs is 3. The normalized spacial score (nSPS) is 14.9. The lowest BCUT2D eigenvalue weighted by atomic mass is 9.82. The quantitative estimate of drug-likeness (QED) is 0.274. The van der Waals surface area contributed by atoms with Gasteiger partial charge in [0, 0.05) is 5.92 Å². The van der Waals surface area contributed by atoms with Crippen molar-refractivity contribution in [2.24, 2.45) is 0 Å². The van der Waals surface area contributed by atoms with E-state index in [2.05, 4.69) is 140 Å². The van der Waals surface area contributed by atoms with Crippen LogP contribution in [0.2, 0.25) is 0 Å². The maximum atomic E-state index is 3.83. The molecule has 2 aliphatic rings. The van der Waals surface area contributed by atoms with Gasteiger partial charge in [-0.2, -0.15) is 0 Å². The number of rotatable bonds is 3. The van der Waals surface area contributed by atoms with Crippen LogP contribution >= 0.6 is 0 Å². The van der Waals surface area contributed by atoms with Gasteiger partial charge in [0.2, 0.25) is 0 Å². The molecule has 0 saturated heterocycles. The van der Waals surface area contributed by atoms with Crippen LogP contribution in [0, 0.1) is 10.4 Å². The van der Waals surface area contributed by atoms with Gasteiger partial charge in [0.25, 0.3) is 0 Å². The molecule has 0 amide bonds. The highest BCUT2D eigenvalue weighted by Gasteiger charge is 2.28. The second kappa shape index (κ2) is 8.36. The Bertz CT molecular complexity index is 1830. The van der Waals surface area contributed by atoms with Crippen LogP contribution < -0.4 is 10.4 Å². The monoisotopic (exact) mass is 457 g/mol. The lowest BCUT2D eigenvalue weighted by Crippen LogP contribution is -2.20. The lowest BCUT2D eigenvalue weighted by Gasteiger charge is -2.21. The Kier molecular flexibility index (Phi) is 4.85. The van der Waals surface area contributed by atoms with E-state index in [1.807, 2.05) is 0 Å². The van der Waals surface area contributed by atoms with Crippen molar-refractivity contribution in [2.45, 2.75) is 12.8 Å². The summed E-state index contributed by atoms with van der Waals surface area (Å²) >= 11 is 0. The number of hydrogen-bond acceptors (Lipinski definition) is 0. The third kappa shape index (κ3) is 3.22. The van der Waals surface area contributed by atoms with Crippen molar-refractivity contribution >= 4 is 17.7 Å². The minimum Gasteiger partial charge on any atom is -0.0622 e. The number of allylic oxidation sites excluding steroid dienone is 1. The second-order valence-electron chi connectivity index (χ2n) is 9.68. The first-order chi connectivity index (χ1) is 17.8. The molecule has 5 aromatic rings. The molecule has 0 N–H and O–H groups in total. The van der Waals surface area contributed by atoms with Crippen molar-refractivity contribution in [1.82, 2.24) is 0 Å². The fraction of sp³-hybridized carbons (Fsp3) is 0.0556. The molecule has 5 aromatic carbocycles. The molecule has 1 atom stereocenters. The van der Waals surface area contributed by atoms with Gasteiger partial charge < -0.3 is 0 Å². The van der Waals surface area contributed by atoms with E-state index in [1.54, 1.807) is 0 Å². The van der Waals surface area contributed by atoms with E-state index in [1.165, 1.54) is 65.4 Å². The van der Waals surface area contributed by atoms with Gasteiger partial charge in [-0.25, -0.2) is 0 Å². The molecule has 0 heterocycles. The summed E-state index contributed by atoms with van der Waals surface area (Å²) in [4.78, 5) is 0. The Morgan fingerprint density at radius 2 is 1.25 bits per heavy atom. The SMILES string of the molecule is CC1=Cc2ccccc2C1c1c2c(ccc1=C(c1ccccc1)c1ccccc1)=c1ccccc1=[C]2. The zero-order chi connectivity index (χ0) is 24.1. The Hall–Kier alpha value is -4.42. The minimum absolute atomic E-state index is 0.190. The van der Waals surface area contributed by atoms with Crippen LogP contribution in [-0.4, -0.2) is 0 Å². The topological polar surface area (TPSA) is 0 Å². The van der Waals surface area contributed by atoms with E-state index in [0.29, 0.717) is 0 Å². The van der Waals surface area contributed by atoms with Crippen LogP contribution in [0.25, 0.3) is 17.7 Å². The van der Waals surface area contributed by atoms with Crippen LogP contribution in [0.4, 0.5) is 0 Å². The summed E-state index contributed by atoms with van der Waals surface area (Å²) in [6.45, 7) is 2.28. The van der Waals surface area contributed by atoms with Crippen LogP contribution in [0.5, 0.6) is 0 Å². The Morgan fingerprint density at radius 1 is 0.611 bits per heavy atom. The molecule has 0 bridgehead atoms. The fourth-order valence-electron chi connectivity index (χ4n) is 6.01. The van der Waals surface area contributed by atoms with Crippen molar-refractivity contribution < 1.29 is 0 Å². The average molecular weight is 458 g/mol. The van der Waals surface area contributed by atoms with Crippen LogP contribution in [0.3, 0.4) is 0 Å². The van der Waals surface area contributed by atoms with E-state index in [4.69, 9.17) is 0 Å². The van der Waals surface area contributed by atoms with E-state index >= 15 is 0 Å². The van der Waals surface area contributed by atoms with E-state index < -0.39 is 0 Å². The van der Waals surface area contributed by atoms with Crippen molar-refractivity contribution in [3.63, 3.8) is 0 Å². The molecule has 0 spiro atoms. The zero-order valence-electron chi connectivity index (χ0n) is 20.2. The van der Waals surface area contributed by atoms with E-state index in [9.17, 15) is 0 Å². The largest absolute Gasteiger partial charge is 0.0622 e. The number of benzene rings is 5. The van der Waals surface area contributed by atoms with Gasteiger partial charge in [-0.3, -0.25) is 0 Å². The van der Waals surface area contributed by atoms with Crippen molar-refractivity contribution in [3.05, 3.63) is 181 Å². The van der Waals surface area contributed by atoms with Gasteiger partial charge in [-0.1, -0.05) is 133 Å². The van der Waals surface area contributed by atoms with Gasteiger partial charge in [-0.05, 0) is 72.8 Å². The van der Waals surface area contributed by atoms with Gasteiger partial charge >= 0.3 is 0 Å². The molecule has 0 heteroatoms. The molecular weight excluding hydrogens is 432 g/mol. The summed E-state index contributed by atoms with van der Waals surface area (Å²) in [5, 5.41) is 5.01. The number of hydrogen-bond donors (Lipinski definition) is 0. The van der Waals surface area contributed by atoms with Gasteiger partial charge in [0.05, 0.1) is 0 Å². The first-order valence-electron chi connectivity index (χ1n) is 12.6. The summed E-state index contributed by atoms with van der Waals surface area (Å²) in [6, 6.07) is 43.8. The third-order valence-electron chi connectivity index (χ3n) is 7.55. The van der Waals surface area contributed by atoms with Crippen LogP contribution in [0.15, 0.2) is 127 Å². The Balaban J connectivity index is 1.69. The molecular formula is C36H25. The second-order valence-corrected chi connectivity index (χ2v) is 9.68. The first kappa shape index (κ1) is 20.9. The zero-order valence-corrected chi connectivity index (χ0v) is 20.2. The summed E-state index contributed by atoms with van der Waals surface area (Å²) in [5.41, 5.74) is 10.4. The summed E-state index contributed by atoms with van der Waals surface area (Å²) < 4.78 is 0. The smallest absolute Gasteiger partial charge is 0.0318 e. The highest BCUT2D eigenvalue weighted by atomic mass is 14.3. The fourth-order valence-corrected chi connectivity index (χ4v) is 6.01. The molecule has 36 heavy (non-hydrogen) atoms. The van der Waals surface area contributed by atoms with Crippen molar-refractivity contribution in [1.29, 1.82) is 0 Å². The molecule has 0 aromatic heterocycles. The van der Waals surface area contributed by atoms with Crippen molar-refractivity contribution in [3.8, 4) is 0 Å². The maximum Gasteiger partial charge on any atom is 0.0318 e. The van der Waals surface area contributed by atoms with E-state index in [0.717, 1.165) is 0 Å². The lowest BCUT2D eigenvalue weighted by molar-refractivity contribution is 0.959. The van der Waals surface area contributed by atoms with Crippen LogP contribution in [0.1, 0.15) is 46.2 Å². The average Bonchev–Trinajstić information content (AvgIpc) is 3.47. The highest BCUT2D eigenvalue weighted by Crippen LogP contribution is 2.41. The molecule has 2 aliphatic carbocycles. The van der Waals surface area contributed by atoms with Gasteiger partial charge in [-0.15, -0.1) is 0 Å². The van der Waals surface area contributed by atoms with Gasteiger partial charge in [0.15, 0.2) is 0 Å². The molecule has 0 aliphatic heterocycles. The van der Waals surface area contributed by atoms with Gasteiger partial charge in [0.1, 0.15) is 0 Å². The summed E-state index contributed by atoms with van der Waals surface area (Å²) in [7, 11) is 0. The third-order valence-corrected chi connectivity index (χ3v) is 7.55. The molecule has 169 valence electrons. The van der Waals surface area contributed by atoms with Crippen LogP contribution in [-0.2, 0) is 0 Å². The summed E-state index contributed by atoms with van der Waals surface area (Å²) in [5.74, 6) is 0.190. The van der Waals surface area contributed by atoms with E-state index in [-0.39, 0.29) is 5.92 Å². The predicted octanol–water partition coefficient (Wildman–Crippen LogP) is 6.79. The van der Waals surface area contributed by atoms with Crippen molar-refractivity contribution in [2.75, 3.05) is 0 Å². The molecule has 0 saturated carbocycles. The standard InChI is InChI=1S/C36H25/c1-24-22-27-16-9-11-19-30(27)34(24)36-32(21-20-31-29-18-10-8-17-28(29)23-33(31)36)35(25-12-4-2-5-13-25)26-14-6-3-7-15-26/h2-22,34H,1H3. The molecule has 0 fully saturated rings. The molecule has 1 radical (unpaired) electrons. The Labute approximate surface area is 211 Å². The molecule has 1 unspecified atom stereocenters. The first-order valence-corrected chi connectivity index (χ1v) is 12.6. The maximum absolute atomic E-state index is 3.83. The molecule has 7 rings (SSSR count). The highest BCUT2D eigenvalue weighted by molar-refractivity contribution is 5.82. The molecule has 0 nitrogen and oxygen atoms in total. The Morgan fingerprint density at radius 3 is 2.00 bits per heavy atom.